The van der Waals surface area contributed by atoms with Gasteiger partial charge in [0.15, 0.2) is 5.82 Å². The highest BCUT2D eigenvalue weighted by molar-refractivity contribution is 5.88. The number of benzene rings is 1. The molecule has 0 unspecified atom stereocenters. The molecule has 9 nitrogen and oxygen atoms in total. The van der Waals surface area contributed by atoms with Crippen LogP contribution in [0, 0.1) is 11.3 Å². The van der Waals surface area contributed by atoms with Gasteiger partial charge in [0, 0.05) is 19.1 Å². The maximum absolute atomic E-state index is 13.1. The number of rotatable bonds is 3. The van der Waals surface area contributed by atoms with E-state index >= 15 is 0 Å². The first-order valence-electron chi connectivity index (χ1n) is 12.0. The van der Waals surface area contributed by atoms with Gasteiger partial charge < -0.3 is 9.64 Å². The maximum Gasteiger partial charge on any atom is 0.416 e. The van der Waals surface area contributed by atoms with Crippen LogP contribution in [0.15, 0.2) is 42.7 Å². The third kappa shape index (κ3) is 4.04. The molecule has 2 aliphatic rings. The standard InChI is InChI=1S/C25H23F3N8O/c1-2-18-10-34-19(12-37-13-21(34)15-3-5-16(6-4-15)25(26,27)28)11-35(18)23-22-20(8-7-17(9-29)31-22)36-14-30-33-24(36)32-23/h3-8,14,18-19,21H,2,10-13H2,1H3/t18-,19+,21+/m0/s1. The Morgan fingerprint density at radius 3 is 2.62 bits per heavy atom. The molecule has 0 amide bonds. The summed E-state index contributed by atoms with van der Waals surface area (Å²) >= 11 is 0. The van der Waals surface area contributed by atoms with Crippen LogP contribution < -0.4 is 4.90 Å². The number of hydrogen-bond donors (Lipinski definition) is 0. The molecule has 0 spiro atoms. The second kappa shape index (κ2) is 8.93. The van der Waals surface area contributed by atoms with Crippen molar-refractivity contribution in [2.45, 2.75) is 37.6 Å². The van der Waals surface area contributed by atoms with Gasteiger partial charge >= 0.3 is 6.18 Å². The van der Waals surface area contributed by atoms with Crippen molar-refractivity contribution in [1.29, 1.82) is 5.26 Å². The van der Waals surface area contributed by atoms with E-state index in [0.29, 0.717) is 43.4 Å². The molecule has 6 rings (SSSR count). The maximum atomic E-state index is 13.1. The van der Waals surface area contributed by atoms with Gasteiger partial charge in [-0.3, -0.25) is 9.30 Å². The highest BCUT2D eigenvalue weighted by atomic mass is 19.4. The van der Waals surface area contributed by atoms with Gasteiger partial charge in [-0.25, -0.2) is 4.98 Å². The quantitative estimate of drug-likeness (QED) is 0.414. The average molecular weight is 509 g/mol. The van der Waals surface area contributed by atoms with Crippen LogP contribution >= 0.6 is 0 Å². The Labute approximate surface area is 210 Å². The van der Waals surface area contributed by atoms with Crippen molar-refractivity contribution in [3.8, 4) is 6.07 Å². The summed E-state index contributed by atoms with van der Waals surface area (Å²) in [6, 6.07) is 10.9. The molecule has 0 radical (unpaired) electrons. The molecule has 37 heavy (non-hydrogen) atoms. The van der Waals surface area contributed by atoms with Crippen LogP contribution in [0.1, 0.15) is 36.2 Å². The van der Waals surface area contributed by atoms with E-state index < -0.39 is 11.7 Å². The second-order valence-corrected chi connectivity index (χ2v) is 9.35. The Bertz CT molecular complexity index is 1500. The van der Waals surface area contributed by atoms with Crippen LogP contribution in [0.2, 0.25) is 0 Å². The van der Waals surface area contributed by atoms with Gasteiger partial charge in [0.1, 0.15) is 23.6 Å². The number of hydrogen-bond acceptors (Lipinski definition) is 8. The van der Waals surface area contributed by atoms with Crippen LogP contribution in [-0.4, -0.2) is 67.9 Å². The molecule has 2 aliphatic heterocycles. The molecule has 190 valence electrons. The molecule has 2 saturated heterocycles. The second-order valence-electron chi connectivity index (χ2n) is 9.35. The first-order valence-corrected chi connectivity index (χ1v) is 12.0. The van der Waals surface area contributed by atoms with Crippen molar-refractivity contribution in [2.24, 2.45) is 0 Å². The molecule has 4 aromatic rings. The van der Waals surface area contributed by atoms with E-state index in [4.69, 9.17) is 9.72 Å². The van der Waals surface area contributed by atoms with Crippen LogP contribution in [0.5, 0.6) is 0 Å². The molecule has 2 fully saturated rings. The number of ether oxygens (including phenoxy) is 1. The molecular formula is C25H23F3N8O. The van der Waals surface area contributed by atoms with E-state index in [0.717, 1.165) is 29.6 Å². The van der Waals surface area contributed by atoms with Gasteiger partial charge in [0.25, 0.3) is 5.78 Å². The first-order chi connectivity index (χ1) is 17.9. The lowest BCUT2D eigenvalue weighted by Crippen LogP contribution is -2.63. The molecule has 0 N–H and O–H groups in total. The molecule has 3 aromatic heterocycles. The summed E-state index contributed by atoms with van der Waals surface area (Å²) in [7, 11) is 0. The first kappa shape index (κ1) is 23.6. The van der Waals surface area contributed by atoms with Gasteiger partial charge in [-0.1, -0.05) is 19.1 Å². The van der Waals surface area contributed by atoms with E-state index in [1.54, 1.807) is 28.9 Å². The molecule has 0 saturated carbocycles. The van der Waals surface area contributed by atoms with Gasteiger partial charge in [-0.2, -0.15) is 23.4 Å². The summed E-state index contributed by atoms with van der Waals surface area (Å²) in [6.07, 6.45) is -1.99. The van der Waals surface area contributed by atoms with Crippen LogP contribution in [0.25, 0.3) is 16.8 Å². The highest BCUT2D eigenvalue weighted by Crippen LogP contribution is 2.37. The van der Waals surface area contributed by atoms with Gasteiger partial charge in [0.05, 0.1) is 36.4 Å². The van der Waals surface area contributed by atoms with Crippen molar-refractivity contribution >= 4 is 22.6 Å². The Morgan fingerprint density at radius 2 is 1.89 bits per heavy atom. The van der Waals surface area contributed by atoms with Crippen molar-refractivity contribution in [1.82, 2.24) is 29.5 Å². The normalized spacial score (nSPS) is 22.8. The minimum absolute atomic E-state index is 0.00561. The van der Waals surface area contributed by atoms with Gasteiger partial charge in [0.2, 0.25) is 0 Å². The fourth-order valence-corrected chi connectivity index (χ4v) is 5.40. The van der Waals surface area contributed by atoms with Crippen molar-refractivity contribution in [3.63, 3.8) is 0 Å². The summed E-state index contributed by atoms with van der Waals surface area (Å²) in [5, 5.41) is 17.6. The number of nitrogens with zero attached hydrogens (tertiary/aromatic N) is 8. The van der Waals surface area contributed by atoms with Crippen molar-refractivity contribution < 1.29 is 17.9 Å². The zero-order valence-electron chi connectivity index (χ0n) is 19.9. The Morgan fingerprint density at radius 1 is 1.08 bits per heavy atom. The van der Waals surface area contributed by atoms with Crippen LogP contribution in [0.4, 0.5) is 19.0 Å². The summed E-state index contributed by atoms with van der Waals surface area (Å²) in [6.45, 7) is 4.26. The number of aromatic nitrogens is 5. The number of alkyl halides is 3. The van der Waals surface area contributed by atoms with Crippen LogP contribution in [0.3, 0.4) is 0 Å². The number of anilines is 1. The largest absolute Gasteiger partial charge is 0.416 e. The van der Waals surface area contributed by atoms with Crippen LogP contribution in [-0.2, 0) is 10.9 Å². The third-order valence-corrected chi connectivity index (χ3v) is 7.29. The number of halogens is 3. The predicted molar refractivity (Wildman–Crippen MR) is 128 cm³/mol. The summed E-state index contributed by atoms with van der Waals surface area (Å²) in [4.78, 5) is 13.9. The zero-order valence-corrected chi connectivity index (χ0v) is 19.9. The third-order valence-electron chi connectivity index (χ3n) is 7.29. The smallest absolute Gasteiger partial charge is 0.378 e. The number of fused-ring (bicyclic) bond motifs is 4. The van der Waals surface area contributed by atoms with Crippen molar-refractivity contribution in [3.05, 3.63) is 59.5 Å². The Kier molecular flexibility index (Phi) is 5.69. The molecule has 0 bridgehead atoms. The number of pyridine rings is 1. The molecule has 5 heterocycles. The van der Waals surface area contributed by atoms with E-state index in [1.165, 1.54) is 0 Å². The lowest BCUT2D eigenvalue weighted by molar-refractivity contribution is -0.137. The summed E-state index contributed by atoms with van der Waals surface area (Å²) in [5.74, 6) is 1.07. The number of morpholine rings is 1. The Balaban J connectivity index is 1.37. The summed E-state index contributed by atoms with van der Waals surface area (Å²) in [5.41, 5.74) is 1.78. The summed E-state index contributed by atoms with van der Waals surface area (Å²) < 4.78 is 47.0. The average Bonchev–Trinajstić information content (AvgIpc) is 3.39. The number of piperazine rings is 1. The van der Waals surface area contributed by atoms with Gasteiger partial charge in [-0.05, 0) is 36.2 Å². The van der Waals surface area contributed by atoms with E-state index in [-0.39, 0.29) is 23.8 Å². The fourth-order valence-electron chi connectivity index (χ4n) is 5.40. The highest BCUT2D eigenvalue weighted by Gasteiger charge is 2.41. The molecule has 1 aromatic carbocycles. The van der Waals surface area contributed by atoms with E-state index in [2.05, 4.69) is 38.0 Å². The monoisotopic (exact) mass is 508 g/mol. The molecule has 0 aliphatic carbocycles. The fraction of sp³-hybridized carbons (Fsp3) is 0.400. The zero-order chi connectivity index (χ0) is 25.7. The van der Waals surface area contributed by atoms with E-state index in [1.807, 2.05) is 6.07 Å². The minimum atomic E-state index is -4.37. The number of nitriles is 1. The lowest BCUT2D eigenvalue weighted by atomic mass is 9.96. The minimum Gasteiger partial charge on any atom is -0.378 e. The lowest BCUT2D eigenvalue weighted by Gasteiger charge is -2.51. The molecular weight excluding hydrogens is 485 g/mol. The predicted octanol–water partition coefficient (Wildman–Crippen LogP) is 3.60. The SMILES string of the molecule is CC[C@H]1CN2[C@@H](COC[C@@H]2c2ccc(C(F)(F)F)cc2)CN1c1nc2nncn2c2ccc(C#N)nc12. The van der Waals surface area contributed by atoms with Crippen molar-refractivity contribution in [2.75, 3.05) is 31.2 Å². The molecule has 12 heteroatoms. The van der Waals surface area contributed by atoms with E-state index in [9.17, 15) is 18.4 Å². The molecule has 3 atom stereocenters. The Hall–Kier alpha value is -3.82. The van der Waals surface area contributed by atoms with Gasteiger partial charge in [-0.15, -0.1) is 10.2 Å². The topological polar surface area (TPSA) is 95.5 Å².